The van der Waals surface area contributed by atoms with E-state index in [0.717, 1.165) is 24.3 Å². The topological polar surface area (TPSA) is 40.5 Å². The number of amides is 1. The minimum absolute atomic E-state index is 0.133. The Kier molecular flexibility index (Phi) is 3.96. The van der Waals surface area contributed by atoms with Crippen molar-refractivity contribution >= 4 is 17.2 Å². The fourth-order valence-electron chi connectivity index (χ4n) is 2.26. The molecule has 1 atom stereocenters. The van der Waals surface area contributed by atoms with Crippen LogP contribution in [0.25, 0.3) is 0 Å². The lowest BCUT2D eigenvalue weighted by Crippen LogP contribution is -2.43. The third-order valence-corrected chi connectivity index (χ3v) is 3.94. The molecule has 1 aliphatic heterocycles. The summed E-state index contributed by atoms with van der Waals surface area (Å²) in [5.74, 6) is 0.133. The molecule has 1 aromatic rings. The molecule has 3 nitrogen and oxygen atoms in total. The average Bonchev–Trinajstić information content (AvgIpc) is 2.83. The maximum atomic E-state index is 12.2. The zero-order valence-corrected chi connectivity index (χ0v) is 10.1. The summed E-state index contributed by atoms with van der Waals surface area (Å²) >= 11 is 1.49. The first-order chi connectivity index (χ1) is 7.83. The summed E-state index contributed by atoms with van der Waals surface area (Å²) in [4.78, 5) is 14.9. The van der Waals surface area contributed by atoms with Crippen LogP contribution in [0.2, 0.25) is 0 Å². The Bertz CT molecular complexity index is 335. The van der Waals surface area contributed by atoms with Crippen molar-refractivity contribution in [1.29, 1.82) is 0 Å². The number of carbonyl (C=O) groups excluding carboxylic acids is 1. The van der Waals surface area contributed by atoms with Crippen molar-refractivity contribution < 1.29 is 9.90 Å². The first-order valence-electron chi connectivity index (χ1n) is 5.78. The average molecular weight is 239 g/mol. The van der Waals surface area contributed by atoms with Gasteiger partial charge in [-0.05, 0) is 37.1 Å². The summed E-state index contributed by atoms with van der Waals surface area (Å²) in [6, 6.07) is 4.01. The molecule has 1 N–H and O–H groups in total. The van der Waals surface area contributed by atoms with E-state index < -0.39 is 0 Å². The van der Waals surface area contributed by atoms with Gasteiger partial charge >= 0.3 is 0 Å². The summed E-state index contributed by atoms with van der Waals surface area (Å²) in [5.41, 5.74) is 0. The Balaban J connectivity index is 2.08. The molecule has 1 saturated heterocycles. The van der Waals surface area contributed by atoms with Crippen molar-refractivity contribution in [3.8, 4) is 0 Å². The number of rotatable bonds is 3. The van der Waals surface area contributed by atoms with Crippen molar-refractivity contribution in [3.05, 3.63) is 22.4 Å². The third-order valence-electron chi connectivity index (χ3n) is 3.08. The lowest BCUT2D eigenvalue weighted by atomic mass is 9.99. The molecule has 1 aliphatic rings. The number of aliphatic hydroxyl groups is 1. The molecule has 0 unspecified atom stereocenters. The van der Waals surface area contributed by atoms with E-state index >= 15 is 0 Å². The van der Waals surface area contributed by atoms with Crippen molar-refractivity contribution in [2.75, 3.05) is 13.2 Å². The Morgan fingerprint density at radius 1 is 1.56 bits per heavy atom. The molecule has 0 radical (unpaired) electrons. The first kappa shape index (κ1) is 11.6. The van der Waals surface area contributed by atoms with Crippen LogP contribution in [-0.2, 0) is 0 Å². The number of hydrogen-bond acceptors (Lipinski definition) is 3. The Morgan fingerprint density at radius 2 is 2.44 bits per heavy atom. The minimum atomic E-state index is 0.133. The molecular formula is C12H17NO2S. The van der Waals surface area contributed by atoms with E-state index in [-0.39, 0.29) is 18.6 Å². The first-order valence-corrected chi connectivity index (χ1v) is 6.66. The molecule has 0 saturated carbocycles. The molecule has 4 heteroatoms. The molecule has 2 rings (SSSR count). The molecule has 2 heterocycles. The van der Waals surface area contributed by atoms with Crippen LogP contribution in [0.5, 0.6) is 0 Å². The summed E-state index contributed by atoms with van der Waals surface area (Å²) in [6.07, 6.45) is 3.98. The van der Waals surface area contributed by atoms with Gasteiger partial charge in [-0.25, -0.2) is 0 Å². The van der Waals surface area contributed by atoms with E-state index in [0.29, 0.717) is 6.42 Å². The molecule has 16 heavy (non-hydrogen) atoms. The van der Waals surface area contributed by atoms with Crippen LogP contribution in [0.4, 0.5) is 0 Å². The second-order valence-corrected chi connectivity index (χ2v) is 5.09. The molecule has 0 aromatic carbocycles. The molecule has 0 bridgehead atoms. The van der Waals surface area contributed by atoms with Gasteiger partial charge in [0.2, 0.25) is 0 Å². The van der Waals surface area contributed by atoms with Gasteiger partial charge in [0.25, 0.3) is 5.91 Å². The molecule has 1 fully saturated rings. The van der Waals surface area contributed by atoms with Crippen LogP contribution in [-0.4, -0.2) is 35.1 Å². The Hall–Kier alpha value is -0.870. The Morgan fingerprint density at radius 3 is 3.12 bits per heavy atom. The van der Waals surface area contributed by atoms with Gasteiger partial charge in [0.15, 0.2) is 0 Å². The van der Waals surface area contributed by atoms with Crippen molar-refractivity contribution in [3.63, 3.8) is 0 Å². The maximum Gasteiger partial charge on any atom is 0.264 e. The zero-order chi connectivity index (χ0) is 11.4. The van der Waals surface area contributed by atoms with Crippen LogP contribution >= 0.6 is 11.3 Å². The minimum Gasteiger partial charge on any atom is -0.396 e. The predicted octanol–water partition coefficient (Wildman–Crippen LogP) is 2.13. The monoisotopic (exact) mass is 239 g/mol. The fraction of sp³-hybridized carbons (Fsp3) is 0.583. The van der Waals surface area contributed by atoms with Crippen LogP contribution in [0.15, 0.2) is 17.5 Å². The number of hydrogen-bond donors (Lipinski definition) is 1. The normalized spacial score (nSPS) is 21.1. The van der Waals surface area contributed by atoms with Gasteiger partial charge in [-0.2, -0.15) is 0 Å². The summed E-state index contributed by atoms with van der Waals surface area (Å²) < 4.78 is 0. The molecule has 1 aromatic heterocycles. The highest BCUT2D eigenvalue weighted by Gasteiger charge is 2.27. The molecular weight excluding hydrogens is 222 g/mol. The van der Waals surface area contributed by atoms with E-state index in [1.165, 1.54) is 17.8 Å². The number of nitrogens with zero attached hydrogens (tertiary/aromatic N) is 1. The van der Waals surface area contributed by atoms with Gasteiger partial charge in [-0.1, -0.05) is 6.07 Å². The molecule has 0 spiro atoms. The van der Waals surface area contributed by atoms with Gasteiger partial charge in [0, 0.05) is 19.2 Å². The van der Waals surface area contributed by atoms with Crippen molar-refractivity contribution in [2.24, 2.45) is 0 Å². The second-order valence-electron chi connectivity index (χ2n) is 4.14. The number of aliphatic hydroxyl groups excluding tert-OH is 1. The molecule has 0 aliphatic carbocycles. The second kappa shape index (κ2) is 5.46. The van der Waals surface area contributed by atoms with Gasteiger partial charge in [-0.15, -0.1) is 11.3 Å². The molecule has 88 valence electrons. The highest BCUT2D eigenvalue weighted by molar-refractivity contribution is 7.12. The fourth-order valence-corrected chi connectivity index (χ4v) is 2.94. The van der Waals surface area contributed by atoms with Crippen molar-refractivity contribution in [2.45, 2.75) is 31.7 Å². The summed E-state index contributed by atoms with van der Waals surface area (Å²) in [5, 5.41) is 10.9. The van der Waals surface area contributed by atoms with E-state index in [2.05, 4.69) is 0 Å². The largest absolute Gasteiger partial charge is 0.396 e. The quantitative estimate of drug-likeness (QED) is 0.877. The summed E-state index contributed by atoms with van der Waals surface area (Å²) in [6.45, 7) is 1.00. The lowest BCUT2D eigenvalue weighted by molar-refractivity contribution is 0.0579. The van der Waals surface area contributed by atoms with E-state index in [4.69, 9.17) is 5.11 Å². The standard InChI is InChI=1S/C12H17NO2S/c14-8-6-10-4-1-2-7-13(10)12(15)11-5-3-9-16-11/h3,5,9-10,14H,1-2,4,6-8H2/t10-/m1/s1. The van der Waals surface area contributed by atoms with Gasteiger partial charge < -0.3 is 10.0 Å². The molecule has 1 amide bonds. The number of piperidine rings is 1. The van der Waals surface area contributed by atoms with Crippen LogP contribution in [0.3, 0.4) is 0 Å². The zero-order valence-electron chi connectivity index (χ0n) is 9.26. The number of thiophene rings is 1. The lowest BCUT2D eigenvalue weighted by Gasteiger charge is -2.35. The smallest absolute Gasteiger partial charge is 0.264 e. The third kappa shape index (κ3) is 2.44. The maximum absolute atomic E-state index is 12.2. The Labute approximate surface area is 99.7 Å². The van der Waals surface area contributed by atoms with E-state index in [1.807, 2.05) is 22.4 Å². The summed E-state index contributed by atoms with van der Waals surface area (Å²) in [7, 11) is 0. The SMILES string of the molecule is O=C(c1cccs1)N1CCCC[C@@H]1CCO. The number of likely N-dealkylation sites (tertiary alicyclic amines) is 1. The highest BCUT2D eigenvalue weighted by atomic mass is 32.1. The van der Waals surface area contributed by atoms with Gasteiger partial charge in [0.05, 0.1) is 4.88 Å². The van der Waals surface area contributed by atoms with E-state index in [9.17, 15) is 4.79 Å². The van der Waals surface area contributed by atoms with Crippen LogP contribution in [0, 0.1) is 0 Å². The van der Waals surface area contributed by atoms with Crippen molar-refractivity contribution in [1.82, 2.24) is 4.90 Å². The van der Waals surface area contributed by atoms with Gasteiger partial charge in [-0.3, -0.25) is 4.79 Å². The van der Waals surface area contributed by atoms with Gasteiger partial charge in [0.1, 0.15) is 0 Å². The van der Waals surface area contributed by atoms with Crippen LogP contribution in [0.1, 0.15) is 35.4 Å². The number of carbonyl (C=O) groups is 1. The van der Waals surface area contributed by atoms with Crippen LogP contribution < -0.4 is 0 Å². The highest BCUT2D eigenvalue weighted by Crippen LogP contribution is 2.23. The predicted molar refractivity (Wildman–Crippen MR) is 64.7 cm³/mol. The van der Waals surface area contributed by atoms with E-state index in [1.54, 1.807) is 0 Å².